The Morgan fingerprint density at radius 3 is 1.24 bits per heavy atom. The Kier molecular flexibility index (Phi) is 9.53. The molecule has 0 amide bonds. The van der Waals surface area contributed by atoms with Gasteiger partial charge in [0, 0.05) is 10.5 Å². The SMILES string of the molecule is CC1(C)O[C@@H]2[C@@H](O1)C(c1ccccc1)(c1ccccc1)O[P+]([O-])([C@H](C[N+](=O)[O-])c1ccc(-c3ccccc3)cc1)OC2(c1ccccc1)c1ccccc1. The summed E-state index contributed by atoms with van der Waals surface area (Å²) in [4.78, 5) is 29.0. The van der Waals surface area contributed by atoms with Gasteiger partial charge in [-0.3, -0.25) is 10.1 Å². The van der Waals surface area contributed by atoms with Crippen LogP contribution in [0, 0.1) is 10.1 Å². The molecule has 2 heterocycles. The molecule has 6 aromatic carbocycles. The number of benzene rings is 6. The van der Waals surface area contributed by atoms with Gasteiger partial charge in [0.15, 0.2) is 17.0 Å². The molecule has 2 fully saturated rings. The third-order valence-corrected chi connectivity index (χ3v) is 12.7. The predicted molar refractivity (Wildman–Crippen MR) is 207 cm³/mol. The van der Waals surface area contributed by atoms with Gasteiger partial charge < -0.3 is 14.4 Å². The molecule has 8 rings (SSSR count). The van der Waals surface area contributed by atoms with Gasteiger partial charge in [-0.05, 0) is 47.2 Å². The van der Waals surface area contributed by atoms with Crippen molar-refractivity contribution >= 4 is 7.94 Å². The van der Waals surface area contributed by atoms with Gasteiger partial charge in [0.25, 0.3) is 7.94 Å². The summed E-state index contributed by atoms with van der Waals surface area (Å²) in [6, 6.07) is 55.0. The maximum Gasteiger partial charge on any atom is 0.255 e. The highest BCUT2D eigenvalue weighted by Crippen LogP contribution is 2.76. The molecule has 3 atom stereocenters. The fourth-order valence-electron chi connectivity index (χ4n) is 8.01. The fourth-order valence-corrected chi connectivity index (χ4v) is 10.6. The van der Waals surface area contributed by atoms with Crippen LogP contribution in [0.5, 0.6) is 0 Å². The van der Waals surface area contributed by atoms with Crippen molar-refractivity contribution in [3.05, 3.63) is 214 Å². The molecule has 54 heavy (non-hydrogen) atoms. The van der Waals surface area contributed by atoms with E-state index in [0.717, 1.165) is 11.1 Å². The van der Waals surface area contributed by atoms with Crippen molar-refractivity contribution < 1.29 is 28.3 Å². The molecule has 0 radical (unpaired) electrons. The van der Waals surface area contributed by atoms with Crippen LogP contribution >= 0.6 is 7.94 Å². The van der Waals surface area contributed by atoms with Gasteiger partial charge >= 0.3 is 0 Å². The van der Waals surface area contributed by atoms with Crippen LogP contribution in [-0.4, -0.2) is 29.5 Å². The Labute approximate surface area is 315 Å². The van der Waals surface area contributed by atoms with Gasteiger partial charge in [-0.2, -0.15) is 9.05 Å². The maximum atomic E-state index is 16.7. The quantitative estimate of drug-likeness (QED) is 0.0828. The molecule has 272 valence electrons. The van der Waals surface area contributed by atoms with Crippen molar-refractivity contribution in [3.8, 4) is 11.1 Å². The standard InChI is InChI=1S/C45H40NO7P/c1-43(2)50-41-42(51-43)45(38-24-14-6-15-25-38,39-26-16-7-17-27-39)53-54(49,52-44(41,36-20-10-4-11-21-36)37-22-12-5-13-23-37)40(32-46(47)48)35-30-28-34(29-31-35)33-18-8-3-9-19-33/h3-31,40-42H,32H2,1-2H3/t40-,41-,42-/m1/s1. The van der Waals surface area contributed by atoms with Crippen LogP contribution in [0.25, 0.3) is 11.1 Å². The number of nitro groups is 1. The largest absolute Gasteiger partial charge is 0.631 e. The molecule has 0 aromatic heterocycles. The molecule has 0 bridgehead atoms. The lowest BCUT2D eigenvalue weighted by Crippen LogP contribution is -2.53. The molecule has 0 N–H and O–H groups in total. The molecule has 8 nitrogen and oxygen atoms in total. The Morgan fingerprint density at radius 1 is 0.556 bits per heavy atom. The van der Waals surface area contributed by atoms with E-state index in [1.807, 2.05) is 178 Å². The van der Waals surface area contributed by atoms with Gasteiger partial charge in [-0.1, -0.05) is 176 Å². The van der Waals surface area contributed by atoms with E-state index in [0.29, 0.717) is 27.8 Å². The summed E-state index contributed by atoms with van der Waals surface area (Å²) in [5.74, 6) is -1.15. The molecular formula is C45H40NO7P. The van der Waals surface area contributed by atoms with Crippen molar-refractivity contribution in [1.29, 1.82) is 0 Å². The average Bonchev–Trinajstić information content (AvgIpc) is 3.51. The number of nitrogens with zero attached hydrogens (tertiary/aromatic N) is 1. The maximum absolute atomic E-state index is 16.7. The highest BCUT2D eigenvalue weighted by molar-refractivity contribution is 7.59. The number of ether oxygens (including phenoxy) is 2. The van der Waals surface area contributed by atoms with Gasteiger partial charge in [0.2, 0.25) is 12.2 Å². The van der Waals surface area contributed by atoms with Gasteiger partial charge in [-0.15, -0.1) is 0 Å². The van der Waals surface area contributed by atoms with Gasteiger partial charge in [0.05, 0.1) is 0 Å². The van der Waals surface area contributed by atoms with Crippen molar-refractivity contribution in [1.82, 2.24) is 0 Å². The monoisotopic (exact) mass is 737 g/mol. The summed E-state index contributed by atoms with van der Waals surface area (Å²) in [5, 5.41) is 12.8. The molecule has 0 spiro atoms. The number of hydrogen-bond acceptors (Lipinski definition) is 7. The Balaban J connectivity index is 1.45. The van der Waals surface area contributed by atoms with E-state index in [-0.39, 0.29) is 0 Å². The summed E-state index contributed by atoms with van der Waals surface area (Å²) in [6.07, 6.45) is -1.96. The predicted octanol–water partition coefficient (Wildman–Crippen LogP) is 9.25. The summed E-state index contributed by atoms with van der Waals surface area (Å²) in [6.45, 7) is 2.95. The first-order valence-corrected chi connectivity index (χ1v) is 19.6. The molecule has 2 aliphatic heterocycles. The molecule has 0 aliphatic carbocycles. The minimum absolute atomic E-state index is 0.439. The van der Waals surface area contributed by atoms with E-state index in [1.165, 1.54) is 0 Å². The second kappa shape index (κ2) is 14.3. The van der Waals surface area contributed by atoms with E-state index in [2.05, 4.69) is 0 Å². The zero-order valence-corrected chi connectivity index (χ0v) is 30.8. The first-order chi connectivity index (χ1) is 26.1. The molecule has 2 saturated heterocycles. The third kappa shape index (κ3) is 6.35. The summed E-state index contributed by atoms with van der Waals surface area (Å²) in [7, 11) is -4.73. The van der Waals surface area contributed by atoms with Crippen LogP contribution in [0.2, 0.25) is 0 Å². The lowest BCUT2D eigenvalue weighted by atomic mass is 9.72. The number of rotatable bonds is 9. The zero-order chi connectivity index (χ0) is 37.4. The number of hydrogen-bond donors (Lipinski definition) is 0. The van der Waals surface area contributed by atoms with Crippen molar-refractivity contribution in [2.45, 2.75) is 48.7 Å². The summed E-state index contributed by atoms with van der Waals surface area (Å²) in [5.41, 5.74) is 0.232. The van der Waals surface area contributed by atoms with Crippen LogP contribution in [0.3, 0.4) is 0 Å². The lowest BCUT2D eigenvalue weighted by molar-refractivity contribution is -0.481. The van der Waals surface area contributed by atoms with E-state index in [9.17, 15) is 10.1 Å². The highest BCUT2D eigenvalue weighted by atomic mass is 31.2. The third-order valence-electron chi connectivity index (χ3n) is 10.4. The van der Waals surface area contributed by atoms with Gasteiger partial charge in [-0.25, -0.2) is 0 Å². The van der Waals surface area contributed by atoms with E-state index in [4.69, 9.17) is 18.5 Å². The van der Waals surface area contributed by atoms with E-state index < -0.39 is 54.3 Å². The molecule has 9 heteroatoms. The van der Waals surface area contributed by atoms with Crippen LogP contribution in [0.1, 0.15) is 47.3 Å². The van der Waals surface area contributed by atoms with Crippen LogP contribution < -0.4 is 4.89 Å². The van der Waals surface area contributed by atoms with Crippen LogP contribution in [0.15, 0.2) is 176 Å². The molecule has 6 aromatic rings. The Morgan fingerprint density at radius 2 is 0.889 bits per heavy atom. The molecular weight excluding hydrogens is 697 g/mol. The highest BCUT2D eigenvalue weighted by Gasteiger charge is 2.72. The first kappa shape index (κ1) is 36.0. The number of fused-ring (bicyclic) bond motifs is 1. The van der Waals surface area contributed by atoms with E-state index in [1.54, 1.807) is 12.1 Å². The van der Waals surface area contributed by atoms with E-state index >= 15 is 4.89 Å². The van der Waals surface area contributed by atoms with Crippen LogP contribution in [0.4, 0.5) is 0 Å². The molecule has 0 saturated carbocycles. The fraction of sp³-hybridized carbons (Fsp3) is 0.200. The van der Waals surface area contributed by atoms with Gasteiger partial charge in [0.1, 0.15) is 12.2 Å². The molecule has 2 aliphatic rings. The normalized spacial score (nSPS) is 21.3. The zero-order valence-electron chi connectivity index (χ0n) is 29.9. The first-order valence-electron chi connectivity index (χ1n) is 18.0. The minimum atomic E-state index is -4.73. The Hall–Kier alpha value is -5.05. The lowest BCUT2D eigenvalue weighted by Gasteiger charge is -2.43. The smallest absolute Gasteiger partial charge is 0.255 e. The molecule has 0 unspecified atom stereocenters. The minimum Gasteiger partial charge on any atom is -0.631 e. The second-order valence-electron chi connectivity index (χ2n) is 14.2. The topological polar surface area (TPSA) is 103 Å². The van der Waals surface area contributed by atoms with Crippen molar-refractivity contribution in [2.75, 3.05) is 6.54 Å². The van der Waals surface area contributed by atoms with Crippen LogP contribution in [-0.2, 0) is 29.7 Å². The second-order valence-corrected chi connectivity index (χ2v) is 16.2. The van der Waals surface area contributed by atoms with Crippen molar-refractivity contribution in [2.24, 2.45) is 0 Å². The van der Waals surface area contributed by atoms with Crippen molar-refractivity contribution in [3.63, 3.8) is 0 Å². The Bertz CT molecular complexity index is 2010. The summed E-state index contributed by atoms with van der Waals surface area (Å²) < 4.78 is 28.6. The average molecular weight is 738 g/mol. The summed E-state index contributed by atoms with van der Waals surface area (Å²) >= 11 is 0.